The maximum absolute atomic E-state index is 12.0. The first-order valence-electron chi connectivity index (χ1n) is 14.1. The van der Waals surface area contributed by atoms with Gasteiger partial charge in [0, 0.05) is 38.1 Å². The van der Waals surface area contributed by atoms with Gasteiger partial charge in [-0.25, -0.2) is 4.98 Å². The molecule has 1 aromatic carbocycles. The minimum atomic E-state index is -0.765. The molecule has 0 saturated heterocycles. The van der Waals surface area contributed by atoms with Crippen LogP contribution < -0.4 is 0 Å². The van der Waals surface area contributed by atoms with E-state index in [1.54, 1.807) is 0 Å². The molecule has 1 aliphatic rings. The molecule has 1 N–H and O–H groups in total. The van der Waals surface area contributed by atoms with E-state index in [2.05, 4.69) is 53.1 Å². The van der Waals surface area contributed by atoms with Crippen molar-refractivity contribution in [2.24, 2.45) is 17.8 Å². The Morgan fingerprint density at radius 1 is 1.16 bits per heavy atom. The summed E-state index contributed by atoms with van der Waals surface area (Å²) < 4.78 is 4.10. The number of benzene rings is 1. The van der Waals surface area contributed by atoms with Gasteiger partial charge in [-0.15, -0.1) is 5.10 Å². The second kappa shape index (κ2) is 12.5. The molecule has 2 unspecified atom stereocenters. The van der Waals surface area contributed by atoms with Gasteiger partial charge < -0.3 is 9.67 Å². The number of carboxylic acids is 1. The maximum Gasteiger partial charge on any atom is 0.306 e. The highest BCUT2D eigenvalue weighted by Crippen LogP contribution is 2.33. The van der Waals surface area contributed by atoms with Crippen LogP contribution in [0.1, 0.15) is 93.4 Å². The lowest BCUT2D eigenvalue weighted by molar-refractivity contribution is -0.142. The van der Waals surface area contributed by atoms with Crippen molar-refractivity contribution in [3.05, 3.63) is 65.0 Å². The number of hydrogen-bond donors (Lipinski definition) is 1. The molecular weight excluding hydrogens is 462 g/mol. The first-order chi connectivity index (χ1) is 17.9. The minimum Gasteiger partial charge on any atom is -0.481 e. The van der Waals surface area contributed by atoms with Crippen molar-refractivity contribution in [2.45, 2.75) is 98.1 Å². The average Bonchev–Trinajstić information content (AvgIpc) is 3.55. The van der Waals surface area contributed by atoms with Gasteiger partial charge in [0.25, 0.3) is 0 Å². The van der Waals surface area contributed by atoms with E-state index in [4.69, 9.17) is 4.98 Å². The predicted molar refractivity (Wildman–Crippen MR) is 146 cm³/mol. The molecule has 7 heteroatoms. The first kappa shape index (κ1) is 27.1. The topological polar surface area (TPSA) is 85.8 Å². The highest BCUT2D eigenvalue weighted by molar-refractivity contribution is 5.71. The summed E-state index contributed by atoms with van der Waals surface area (Å²) in [7, 11) is 0. The lowest BCUT2D eigenvalue weighted by Crippen LogP contribution is -2.20. The van der Waals surface area contributed by atoms with E-state index in [1.807, 2.05) is 30.9 Å². The van der Waals surface area contributed by atoms with Crippen molar-refractivity contribution in [2.75, 3.05) is 0 Å². The molecule has 1 saturated carbocycles. The Morgan fingerprint density at radius 2 is 1.92 bits per heavy atom. The Labute approximate surface area is 221 Å². The summed E-state index contributed by atoms with van der Waals surface area (Å²) in [6.45, 7) is 9.84. The normalized spacial score (nSPS) is 19.6. The molecular formula is C30H43N5O2. The zero-order chi connectivity index (χ0) is 26.4. The summed E-state index contributed by atoms with van der Waals surface area (Å²) in [5, 5.41) is 18.3. The fourth-order valence-corrected chi connectivity index (χ4v) is 5.84. The number of hydrogen-bond acceptors (Lipinski definition) is 4. The fourth-order valence-electron chi connectivity index (χ4n) is 5.84. The molecule has 4 rings (SSSR count). The first-order valence-corrected chi connectivity index (χ1v) is 14.1. The lowest BCUT2D eigenvalue weighted by atomic mass is 9.79. The molecule has 200 valence electrons. The SMILES string of the molecule is CCC1CCC(Cc2nccn2Cc2cc(C(CCc3cn(CC)nn3)C(C)C(=O)O)ccc2C)CC1. The Hall–Kier alpha value is -2.96. The zero-order valence-corrected chi connectivity index (χ0v) is 22.9. The molecule has 0 spiro atoms. The molecule has 2 atom stereocenters. The van der Waals surface area contributed by atoms with E-state index >= 15 is 0 Å². The largest absolute Gasteiger partial charge is 0.481 e. The average molecular weight is 506 g/mol. The van der Waals surface area contributed by atoms with Gasteiger partial charge in [0.05, 0.1) is 11.6 Å². The molecule has 3 aromatic rings. The molecule has 1 aliphatic carbocycles. The van der Waals surface area contributed by atoms with Crippen LogP contribution >= 0.6 is 0 Å². The number of carboxylic acid groups (broad SMARTS) is 1. The highest BCUT2D eigenvalue weighted by atomic mass is 16.4. The third kappa shape index (κ3) is 6.88. The van der Waals surface area contributed by atoms with Gasteiger partial charge in [0.15, 0.2) is 0 Å². The van der Waals surface area contributed by atoms with Gasteiger partial charge in [0.2, 0.25) is 0 Å². The molecule has 0 aliphatic heterocycles. The van der Waals surface area contributed by atoms with Crippen LogP contribution in [0.25, 0.3) is 0 Å². The van der Waals surface area contributed by atoms with Crippen LogP contribution in [0.4, 0.5) is 0 Å². The maximum atomic E-state index is 12.0. The molecule has 37 heavy (non-hydrogen) atoms. The summed E-state index contributed by atoms with van der Waals surface area (Å²) in [6, 6.07) is 6.47. The summed E-state index contributed by atoms with van der Waals surface area (Å²) in [6.07, 6.45) is 15.0. The number of rotatable bonds is 12. The van der Waals surface area contributed by atoms with E-state index in [0.29, 0.717) is 6.42 Å². The Balaban J connectivity index is 1.49. The van der Waals surface area contributed by atoms with Crippen LogP contribution in [0, 0.1) is 24.7 Å². The second-order valence-electron chi connectivity index (χ2n) is 11.0. The Morgan fingerprint density at radius 3 is 2.59 bits per heavy atom. The highest BCUT2D eigenvalue weighted by Gasteiger charge is 2.26. The quantitative estimate of drug-likeness (QED) is 0.324. The van der Waals surface area contributed by atoms with Crippen molar-refractivity contribution in [3.63, 3.8) is 0 Å². The van der Waals surface area contributed by atoms with Crippen LogP contribution in [0.3, 0.4) is 0 Å². The van der Waals surface area contributed by atoms with Crippen LogP contribution in [0.15, 0.2) is 36.8 Å². The summed E-state index contributed by atoms with van der Waals surface area (Å²) >= 11 is 0. The Bertz CT molecular complexity index is 1160. The van der Waals surface area contributed by atoms with Crippen LogP contribution in [0.2, 0.25) is 0 Å². The third-order valence-corrected chi connectivity index (χ3v) is 8.57. The van der Waals surface area contributed by atoms with Gasteiger partial charge in [0.1, 0.15) is 5.82 Å². The van der Waals surface area contributed by atoms with Crippen LogP contribution in [0.5, 0.6) is 0 Å². The number of aromatic nitrogens is 5. The molecule has 1 fully saturated rings. The molecule has 0 amide bonds. The molecule has 2 heterocycles. The van der Waals surface area contributed by atoms with Crippen molar-refractivity contribution in [1.82, 2.24) is 24.5 Å². The van der Waals surface area contributed by atoms with Gasteiger partial charge >= 0.3 is 5.97 Å². The minimum absolute atomic E-state index is 0.0976. The van der Waals surface area contributed by atoms with Crippen molar-refractivity contribution in [3.8, 4) is 0 Å². The van der Waals surface area contributed by atoms with E-state index in [9.17, 15) is 9.90 Å². The van der Waals surface area contributed by atoms with Crippen molar-refractivity contribution < 1.29 is 9.90 Å². The summed E-state index contributed by atoms with van der Waals surface area (Å²) in [5.41, 5.74) is 4.44. The molecule has 0 bridgehead atoms. The van der Waals surface area contributed by atoms with Crippen molar-refractivity contribution >= 4 is 5.97 Å². The van der Waals surface area contributed by atoms with Gasteiger partial charge in [-0.2, -0.15) is 0 Å². The predicted octanol–water partition coefficient (Wildman–Crippen LogP) is 6.05. The van der Waals surface area contributed by atoms with E-state index in [1.165, 1.54) is 49.1 Å². The van der Waals surface area contributed by atoms with E-state index < -0.39 is 11.9 Å². The summed E-state index contributed by atoms with van der Waals surface area (Å²) in [5.74, 6) is 1.45. The fraction of sp³-hybridized carbons (Fsp3) is 0.600. The molecule has 7 nitrogen and oxygen atoms in total. The number of imidazole rings is 1. The third-order valence-electron chi connectivity index (χ3n) is 8.57. The molecule has 0 radical (unpaired) electrons. The summed E-state index contributed by atoms with van der Waals surface area (Å²) in [4.78, 5) is 16.7. The Kier molecular flexibility index (Phi) is 9.17. The van der Waals surface area contributed by atoms with Crippen molar-refractivity contribution in [1.29, 1.82) is 0 Å². The number of aliphatic carboxylic acids is 1. The lowest BCUT2D eigenvalue weighted by Gasteiger charge is -2.27. The number of nitrogens with zero attached hydrogens (tertiary/aromatic N) is 5. The second-order valence-corrected chi connectivity index (χ2v) is 11.0. The van der Waals surface area contributed by atoms with E-state index in [-0.39, 0.29) is 5.92 Å². The smallest absolute Gasteiger partial charge is 0.306 e. The van der Waals surface area contributed by atoms with E-state index in [0.717, 1.165) is 49.0 Å². The zero-order valence-electron chi connectivity index (χ0n) is 22.9. The van der Waals surface area contributed by atoms with Crippen LogP contribution in [-0.4, -0.2) is 35.6 Å². The van der Waals surface area contributed by atoms with Gasteiger partial charge in [-0.1, -0.05) is 56.5 Å². The number of carbonyl (C=O) groups is 1. The monoisotopic (exact) mass is 505 g/mol. The standard InChI is InChI=1S/C30H43N5O2/c1-5-23-8-10-24(11-9-23)17-29-31-15-16-34(29)19-26-18-25(12-7-21(26)3)28(22(4)30(36)37)14-13-27-20-35(6-2)33-32-27/h7,12,15-16,18,20,22-24,28H,5-6,8-11,13-14,17,19H2,1-4H3,(H,36,37). The molecule has 2 aromatic heterocycles. The number of aryl methyl sites for hydroxylation is 3. The van der Waals surface area contributed by atoms with Crippen LogP contribution in [-0.2, 0) is 30.7 Å². The van der Waals surface area contributed by atoms with Gasteiger partial charge in [-0.05, 0) is 74.0 Å². The van der Waals surface area contributed by atoms with Gasteiger partial charge in [-0.3, -0.25) is 9.48 Å².